The molecule has 1 saturated heterocycles. The highest BCUT2D eigenvalue weighted by Gasteiger charge is 2.12. The van der Waals surface area contributed by atoms with Gasteiger partial charge < -0.3 is 29.6 Å². The van der Waals surface area contributed by atoms with Crippen molar-refractivity contribution in [2.45, 2.75) is 6.54 Å². The molecule has 0 aromatic heterocycles. The van der Waals surface area contributed by atoms with Crippen molar-refractivity contribution in [3.63, 3.8) is 0 Å². The number of nitrogens with one attached hydrogen (secondary N) is 2. The Bertz CT molecular complexity index is 1230. The molecule has 1 aliphatic heterocycles. The summed E-state index contributed by atoms with van der Waals surface area (Å²) >= 11 is 0. The van der Waals surface area contributed by atoms with E-state index in [1.165, 1.54) is 7.11 Å². The molecule has 1 heterocycles. The molecule has 0 radical (unpaired) electrons. The summed E-state index contributed by atoms with van der Waals surface area (Å²) in [5.74, 6) is 1.29. The zero-order valence-corrected chi connectivity index (χ0v) is 21.7. The lowest BCUT2D eigenvalue weighted by Gasteiger charge is -2.26. The first-order chi connectivity index (χ1) is 18.6. The van der Waals surface area contributed by atoms with E-state index in [4.69, 9.17) is 18.9 Å². The van der Waals surface area contributed by atoms with E-state index in [1.807, 2.05) is 18.2 Å². The average molecular weight is 520 g/mol. The van der Waals surface area contributed by atoms with Gasteiger partial charge in [0, 0.05) is 43.0 Å². The molecule has 1 fully saturated rings. The van der Waals surface area contributed by atoms with Crippen LogP contribution in [0.4, 0.5) is 5.69 Å². The zero-order valence-electron chi connectivity index (χ0n) is 21.7. The number of anilines is 1. The number of nitrogens with zero attached hydrogens (tertiary/aromatic N) is 1. The standard InChI is InChI=1S/C29H33N3O6/c1-35-26-11-8-23(19-27(26)36-2)28(33)30-20-21-4-3-5-24(18-21)31-29(34)22-6-9-25(10-7-22)38-17-14-32-12-15-37-16-13-32/h3-11,18-19H,12-17,20H2,1-2H3,(H,30,33)(H,31,34). The van der Waals surface area contributed by atoms with Crippen molar-refractivity contribution in [2.24, 2.45) is 0 Å². The van der Waals surface area contributed by atoms with E-state index < -0.39 is 0 Å². The highest BCUT2D eigenvalue weighted by atomic mass is 16.5. The molecular weight excluding hydrogens is 486 g/mol. The second-order valence-electron chi connectivity index (χ2n) is 8.73. The van der Waals surface area contributed by atoms with Crippen molar-refractivity contribution in [1.29, 1.82) is 0 Å². The van der Waals surface area contributed by atoms with Gasteiger partial charge in [-0.05, 0) is 60.2 Å². The summed E-state index contributed by atoms with van der Waals surface area (Å²) in [7, 11) is 3.07. The third-order valence-corrected chi connectivity index (χ3v) is 6.18. The number of morpholine rings is 1. The Morgan fingerprint density at radius 1 is 0.868 bits per heavy atom. The number of amides is 2. The molecule has 4 rings (SSSR count). The fraction of sp³-hybridized carbons (Fsp3) is 0.310. The van der Waals surface area contributed by atoms with Crippen molar-refractivity contribution >= 4 is 17.5 Å². The molecular formula is C29H33N3O6. The van der Waals surface area contributed by atoms with Crippen LogP contribution in [0.25, 0.3) is 0 Å². The normalized spacial score (nSPS) is 13.4. The highest BCUT2D eigenvalue weighted by Crippen LogP contribution is 2.27. The Labute approximate surface area is 222 Å². The van der Waals surface area contributed by atoms with E-state index in [0.29, 0.717) is 41.5 Å². The first-order valence-corrected chi connectivity index (χ1v) is 12.5. The molecule has 0 atom stereocenters. The molecule has 2 amide bonds. The predicted octanol–water partition coefficient (Wildman–Crippen LogP) is 3.60. The second-order valence-corrected chi connectivity index (χ2v) is 8.73. The molecule has 1 aliphatic rings. The lowest BCUT2D eigenvalue weighted by molar-refractivity contribution is 0.0322. The van der Waals surface area contributed by atoms with E-state index in [1.54, 1.807) is 55.6 Å². The number of carbonyl (C=O) groups is 2. The maximum atomic E-state index is 12.8. The molecule has 0 unspecified atom stereocenters. The van der Waals surface area contributed by atoms with Crippen LogP contribution in [0.15, 0.2) is 66.7 Å². The maximum Gasteiger partial charge on any atom is 0.255 e. The summed E-state index contributed by atoms with van der Waals surface area (Å²) in [6.07, 6.45) is 0. The lowest BCUT2D eigenvalue weighted by Crippen LogP contribution is -2.38. The van der Waals surface area contributed by atoms with Crippen LogP contribution in [-0.4, -0.2) is 70.4 Å². The summed E-state index contributed by atoms with van der Waals surface area (Å²) < 4.78 is 21.7. The first-order valence-electron chi connectivity index (χ1n) is 12.5. The summed E-state index contributed by atoms with van der Waals surface area (Å²) in [6, 6.07) is 19.4. The molecule has 0 bridgehead atoms. The van der Waals surface area contributed by atoms with Crippen LogP contribution in [0.3, 0.4) is 0 Å². The summed E-state index contributed by atoms with van der Waals surface area (Å²) in [4.78, 5) is 27.7. The number of methoxy groups -OCH3 is 2. The first kappa shape index (κ1) is 27.0. The van der Waals surface area contributed by atoms with Gasteiger partial charge in [-0.1, -0.05) is 12.1 Å². The van der Waals surface area contributed by atoms with Gasteiger partial charge in [0.1, 0.15) is 12.4 Å². The van der Waals surface area contributed by atoms with Gasteiger partial charge in [-0.25, -0.2) is 0 Å². The smallest absolute Gasteiger partial charge is 0.255 e. The molecule has 2 N–H and O–H groups in total. The number of rotatable bonds is 11. The summed E-state index contributed by atoms with van der Waals surface area (Å²) in [6.45, 7) is 5.11. The molecule has 0 spiro atoms. The minimum Gasteiger partial charge on any atom is -0.493 e. The van der Waals surface area contributed by atoms with Crippen molar-refractivity contribution in [3.8, 4) is 17.2 Å². The van der Waals surface area contributed by atoms with E-state index in [-0.39, 0.29) is 11.8 Å². The average Bonchev–Trinajstić information content (AvgIpc) is 2.96. The summed E-state index contributed by atoms with van der Waals surface area (Å²) in [5, 5.41) is 5.80. The van der Waals surface area contributed by atoms with Crippen LogP contribution < -0.4 is 24.8 Å². The van der Waals surface area contributed by atoms with E-state index in [9.17, 15) is 9.59 Å². The van der Waals surface area contributed by atoms with Gasteiger partial charge in [0.2, 0.25) is 0 Å². The Kier molecular flexibility index (Phi) is 9.55. The number of ether oxygens (including phenoxy) is 4. The molecule has 0 saturated carbocycles. The van der Waals surface area contributed by atoms with Crippen molar-refractivity contribution < 1.29 is 28.5 Å². The predicted molar refractivity (Wildman–Crippen MR) is 144 cm³/mol. The summed E-state index contributed by atoms with van der Waals surface area (Å²) in [5.41, 5.74) is 2.47. The van der Waals surface area contributed by atoms with E-state index in [2.05, 4.69) is 15.5 Å². The minimum atomic E-state index is -0.243. The van der Waals surface area contributed by atoms with E-state index in [0.717, 1.165) is 44.2 Å². The van der Waals surface area contributed by atoms with Gasteiger partial charge in [-0.3, -0.25) is 14.5 Å². The van der Waals surface area contributed by atoms with Gasteiger partial charge in [0.05, 0.1) is 27.4 Å². The zero-order chi connectivity index (χ0) is 26.7. The van der Waals surface area contributed by atoms with Crippen molar-refractivity contribution in [3.05, 3.63) is 83.4 Å². The number of hydrogen-bond donors (Lipinski definition) is 2. The van der Waals surface area contributed by atoms with Gasteiger partial charge >= 0.3 is 0 Å². The molecule has 9 nitrogen and oxygen atoms in total. The Balaban J connectivity index is 1.27. The van der Waals surface area contributed by atoms with Gasteiger partial charge in [0.15, 0.2) is 11.5 Å². The maximum absolute atomic E-state index is 12.8. The van der Waals surface area contributed by atoms with Crippen LogP contribution in [0.5, 0.6) is 17.2 Å². The number of hydrogen-bond acceptors (Lipinski definition) is 7. The molecule has 38 heavy (non-hydrogen) atoms. The van der Waals surface area contributed by atoms with Gasteiger partial charge in [0.25, 0.3) is 11.8 Å². The molecule has 200 valence electrons. The monoisotopic (exact) mass is 519 g/mol. The Morgan fingerprint density at radius 2 is 1.61 bits per heavy atom. The van der Waals surface area contributed by atoms with Crippen LogP contribution >= 0.6 is 0 Å². The molecule has 3 aromatic rings. The van der Waals surface area contributed by atoms with Crippen LogP contribution in [-0.2, 0) is 11.3 Å². The number of benzene rings is 3. The lowest BCUT2D eigenvalue weighted by atomic mass is 10.1. The molecule has 0 aliphatic carbocycles. The van der Waals surface area contributed by atoms with Gasteiger partial charge in [-0.15, -0.1) is 0 Å². The van der Waals surface area contributed by atoms with Crippen LogP contribution in [0.2, 0.25) is 0 Å². The molecule has 3 aromatic carbocycles. The van der Waals surface area contributed by atoms with Crippen LogP contribution in [0, 0.1) is 0 Å². The third-order valence-electron chi connectivity index (χ3n) is 6.18. The van der Waals surface area contributed by atoms with Gasteiger partial charge in [-0.2, -0.15) is 0 Å². The molecule has 9 heteroatoms. The SMILES string of the molecule is COc1ccc(C(=O)NCc2cccc(NC(=O)c3ccc(OCCN4CCOCC4)cc3)c2)cc1OC. The number of carbonyl (C=O) groups excluding carboxylic acids is 2. The fourth-order valence-corrected chi connectivity index (χ4v) is 4.04. The quantitative estimate of drug-likeness (QED) is 0.400. The van der Waals surface area contributed by atoms with Crippen molar-refractivity contribution in [1.82, 2.24) is 10.2 Å². The van der Waals surface area contributed by atoms with Crippen molar-refractivity contribution in [2.75, 3.05) is 59.0 Å². The third kappa shape index (κ3) is 7.47. The Hall–Kier alpha value is -4.08. The van der Waals surface area contributed by atoms with Crippen LogP contribution in [0.1, 0.15) is 26.3 Å². The second kappa shape index (κ2) is 13.5. The highest BCUT2D eigenvalue weighted by molar-refractivity contribution is 6.04. The van der Waals surface area contributed by atoms with E-state index >= 15 is 0 Å². The Morgan fingerprint density at radius 3 is 2.34 bits per heavy atom. The fourth-order valence-electron chi connectivity index (χ4n) is 4.04. The minimum absolute atomic E-state index is 0.226. The topological polar surface area (TPSA) is 98.4 Å². The largest absolute Gasteiger partial charge is 0.493 e.